The summed E-state index contributed by atoms with van der Waals surface area (Å²) in [5.74, 6) is 0.671. The molecule has 5 aromatic rings. The second-order valence-corrected chi connectivity index (χ2v) is 8.93. The standard InChI is InChI=1S/C24H19ClN6O2S/c1-3-15-12-20(31-24(29-15)26-13-27-31)34-17-10-8-16(9-11-17)28-23(32)21-14(2)33-30-22(21)18-6-4-5-7-19(18)25/h4-13H,3H2,1-2H3,(H,28,32). The topological polar surface area (TPSA) is 98.2 Å². The van der Waals surface area contributed by atoms with Gasteiger partial charge in [0.15, 0.2) is 0 Å². The lowest BCUT2D eigenvalue weighted by Gasteiger charge is -2.09. The number of benzene rings is 2. The molecule has 0 fully saturated rings. The Hall–Kier alpha value is -3.69. The van der Waals surface area contributed by atoms with Crippen molar-refractivity contribution in [3.8, 4) is 11.3 Å². The Morgan fingerprint density at radius 1 is 1.18 bits per heavy atom. The van der Waals surface area contributed by atoms with E-state index in [4.69, 9.17) is 16.1 Å². The summed E-state index contributed by atoms with van der Waals surface area (Å²) in [6, 6.07) is 16.8. The van der Waals surface area contributed by atoms with E-state index in [1.54, 1.807) is 35.3 Å². The summed E-state index contributed by atoms with van der Waals surface area (Å²) in [7, 11) is 0. The van der Waals surface area contributed by atoms with E-state index in [0.717, 1.165) is 22.0 Å². The molecule has 0 aliphatic rings. The first-order valence-corrected chi connectivity index (χ1v) is 11.7. The maximum absolute atomic E-state index is 13.1. The van der Waals surface area contributed by atoms with Gasteiger partial charge in [-0.2, -0.15) is 14.6 Å². The number of nitrogens with zero attached hydrogens (tertiary/aromatic N) is 5. The van der Waals surface area contributed by atoms with Crippen molar-refractivity contribution in [2.45, 2.75) is 30.2 Å². The Morgan fingerprint density at radius 3 is 2.74 bits per heavy atom. The molecule has 2 aromatic carbocycles. The van der Waals surface area contributed by atoms with Gasteiger partial charge in [-0.1, -0.05) is 53.6 Å². The van der Waals surface area contributed by atoms with E-state index in [2.05, 4.69) is 32.5 Å². The van der Waals surface area contributed by atoms with Gasteiger partial charge in [0.2, 0.25) is 0 Å². The predicted molar refractivity (Wildman–Crippen MR) is 130 cm³/mol. The maximum atomic E-state index is 13.1. The number of aryl methyl sites for hydroxylation is 2. The lowest BCUT2D eigenvalue weighted by molar-refractivity contribution is 0.102. The van der Waals surface area contributed by atoms with Crippen LogP contribution in [-0.2, 0) is 6.42 Å². The first-order valence-electron chi connectivity index (χ1n) is 10.5. The van der Waals surface area contributed by atoms with Gasteiger partial charge in [0, 0.05) is 21.8 Å². The Morgan fingerprint density at radius 2 is 1.97 bits per heavy atom. The number of rotatable bonds is 6. The summed E-state index contributed by atoms with van der Waals surface area (Å²) in [6.07, 6.45) is 2.30. The van der Waals surface area contributed by atoms with Crippen LogP contribution < -0.4 is 5.32 Å². The fourth-order valence-electron chi connectivity index (χ4n) is 3.48. The van der Waals surface area contributed by atoms with E-state index in [0.29, 0.717) is 39.1 Å². The number of carbonyl (C=O) groups is 1. The maximum Gasteiger partial charge on any atom is 0.261 e. The van der Waals surface area contributed by atoms with Crippen LogP contribution in [0.1, 0.15) is 28.7 Å². The number of amides is 1. The van der Waals surface area contributed by atoms with Crippen molar-refractivity contribution in [2.75, 3.05) is 5.32 Å². The number of fused-ring (bicyclic) bond motifs is 1. The van der Waals surface area contributed by atoms with Gasteiger partial charge < -0.3 is 9.84 Å². The van der Waals surface area contributed by atoms with Crippen LogP contribution in [-0.4, -0.2) is 30.6 Å². The van der Waals surface area contributed by atoms with E-state index in [9.17, 15) is 4.79 Å². The Balaban J connectivity index is 1.36. The summed E-state index contributed by atoms with van der Waals surface area (Å²) in [4.78, 5) is 22.7. The average Bonchev–Trinajstić information content (AvgIpc) is 3.47. The summed E-state index contributed by atoms with van der Waals surface area (Å²) in [6.45, 7) is 3.75. The van der Waals surface area contributed by atoms with Crippen molar-refractivity contribution >= 4 is 40.7 Å². The van der Waals surface area contributed by atoms with Gasteiger partial charge in [-0.25, -0.2) is 4.98 Å². The van der Waals surface area contributed by atoms with Crippen molar-refractivity contribution in [3.63, 3.8) is 0 Å². The fourth-order valence-corrected chi connectivity index (χ4v) is 4.63. The predicted octanol–water partition coefficient (Wildman–Crippen LogP) is 5.71. The normalized spacial score (nSPS) is 11.1. The number of halogens is 1. The van der Waals surface area contributed by atoms with Gasteiger partial charge in [0.05, 0.1) is 5.02 Å². The minimum atomic E-state index is -0.319. The molecule has 1 amide bonds. The van der Waals surface area contributed by atoms with Crippen molar-refractivity contribution in [1.29, 1.82) is 0 Å². The van der Waals surface area contributed by atoms with Gasteiger partial charge in [-0.05, 0) is 49.7 Å². The van der Waals surface area contributed by atoms with E-state index in [1.807, 2.05) is 42.5 Å². The SMILES string of the molecule is CCc1cc(Sc2ccc(NC(=O)c3c(-c4ccccc4Cl)noc3C)cc2)n2ncnc2n1. The van der Waals surface area contributed by atoms with Crippen LogP contribution in [0.15, 0.2) is 75.4 Å². The quantitative estimate of drug-likeness (QED) is 0.304. The van der Waals surface area contributed by atoms with Gasteiger partial charge in [0.1, 0.15) is 28.4 Å². The number of anilines is 1. The molecule has 0 aliphatic heterocycles. The molecular formula is C24H19ClN6O2S. The van der Waals surface area contributed by atoms with Crippen molar-refractivity contribution < 1.29 is 9.32 Å². The van der Waals surface area contributed by atoms with Crippen LogP contribution in [0.2, 0.25) is 5.02 Å². The first-order chi connectivity index (χ1) is 16.5. The second-order valence-electron chi connectivity index (χ2n) is 7.43. The molecule has 3 heterocycles. The smallest absolute Gasteiger partial charge is 0.261 e. The molecule has 1 N–H and O–H groups in total. The van der Waals surface area contributed by atoms with E-state index >= 15 is 0 Å². The van der Waals surface area contributed by atoms with E-state index in [-0.39, 0.29) is 5.91 Å². The molecule has 0 saturated heterocycles. The lowest BCUT2D eigenvalue weighted by Crippen LogP contribution is -2.13. The molecule has 0 radical (unpaired) electrons. The fraction of sp³-hybridized carbons (Fsp3) is 0.125. The highest BCUT2D eigenvalue weighted by atomic mass is 35.5. The van der Waals surface area contributed by atoms with Crippen molar-refractivity contribution in [3.05, 3.63) is 83.0 Å². The highest BCUT2D eigenvalue weighted by molar-refractivity contribution is 7.99. The van der Waals surface area contributed by atoms with Gasteiger partial charge >= 0.3 is 0 Å². The van der Waals surface area contributed by atoms with Gasteiger partial charge in [-0.15, -0.1) is 0 Å². The molecule has 3 aromatic heterocycles. The summed E-state index contributed by atoms with van der Waals surface area (Å²) < 4.78 is 7.02. The van der Waals surface area contributed by atoms with Crippen LogP contribution in [0.25, 0.3) is 17.0 Å². The number of nitrogens with one attached hydrogen (secondary N) is 1. The molecule has 0 saturated carbocycles. The van der Waals surface area contributed by atoms with Crippen LogP contribution >= 0.6 is 23.4 Å². The zero-order valence-corrected chi connectivity index (χ0v) is 19.9. The molecule has 0 bridgehead atoms. The van der Waals surface area contributed by atoms with Crippen LogP contribution in [0.3, 0.4) is 0 Å². The molecular weight excluding hydrogens is 472 g/mol. The van der Waals surface area contributed by atoms with Crippen LogP contribution in [0, 0.1) is 6.92 Å². The molecule has 5 rings (SSSR count). The lowest BCUT2D eigenvalue weighted by atomic mass is 10.1. The zero-order chi connectivity index (χ0) is 23.7. The van der Waals surface area contributed by atoms with E-state index in [1.165, 1.54) is 6.33 Å². The largest absolute Gasteiger partial charge is 0.360 e. The molecule has 170 valence electrons. The highest BCUT2D eigenvalue weighted by Gasteiger charge is 2.23. The molecule has 0 spiro atoms. The monoisotopic (exact) mass is 490 g/mol. The van der Waals surface area contributed by atoms with Crippen LogP contribution in [0.4, 0.5) is 5.69 Å². The summed E-state index contributed by atoms with van der Waals surface area (Å²) in [5.41, 5.74) is 3.00. The van der Waals surface area contributed by atoms with Crippen molar-refractivity contribution in [1.82, 2.24) is 24.7 Å². The first kappa shape index (κ1) is 22.1. The second kappa shape index (κ2) is 9.28. The highest BCUT2D eigenvalue weighted by Crippen LogP contribution is 2.32. The number of hydrogen-bond acceptors (Lipinski definition) is 7. The number of hydrogen-bond donors (Lipinski definition) is 1. The molecule has 0 unspecified atom stereocenters. The Kier molecular flexibility index (Phi) is 6.04. The molecule has 0 aliphatic carbocycles. The summed E-state index contributed by atoms with van der Waals surface area (Å²) >= 11 is 7.86. The number of carbonyl (C=O) groups excluding carboxylic acids is 1. The average molecular weight is 491 g/mol. The minimum Gasteiger partial charge on any atom is -0.360 e. The molecule has 8 nitrogen and oxygen atoms in total. The third-order valence-corrected chi connectivity index (χ3v) is 6.53. The summed E-state index contributed by atoms with van der Waals surface area (Å²) in [5, 5.41) is 12.7. The minimum absolute atomic E-state index is 0.319. The molecule has 10 heteroatoms. The Bertz CT molecular complexity index is 1500. The number of aromatic nitrogens is 5. The van der Waals surface area contributed by atoms with Gasteiger partial charge in [0.25, 0.3) is 11.7 Å². The molecule has 0 atom stereocenters. The third-order valence-electron chi connectivity index (χ3n) is 5.19. The van der Waals surface area contributed by atoms with Gasteiger partial charge in [-0.3, -0.25) is 4.79 Å². The third kappa shape index (κ3) is 4.27. The van der Waals surface area contributed by atoms with Crippen molar-refractivity contribution in [2.24, 2.45) is 0 Å². The van der Waals surface area contributed by atoms with E-state index < -0.39 is 0 Å². The Labute approximate surface area is 204 Å². The zero-order valence-electron chi connectivity index (χ0n) is 18.3. The molecule has 34 heavy (non-hydrogen) atoms. The van der Waals surface area contributed by atoms with Crippen LogP contribution in [0.5, 0.6) is 0 Å².